The molecule has 0 spiro atoms. The van der Waals surface area contributed by atoms with Gasteiger partial charge in [0.1, 0.15) is 11.5 Å². The minimum atomic E-state index is -0.251. The molecule has 1 aliphatic rings. The zero-order valence-electron chi connectivity index (χ0n) is 17.6. The number of carbonyl (C=O) groups excluding carboxylic acids is 1. The third kappa shape index (κ3) is 4.24. The van der Waals surface area contributed by atoms with Crippen LogP contribution in [0.25, 0.3) is 11.3 Å². The highest BCUT2D eigenvalue weighted by Crippen LogP contribution is 2.32. The maximum atomic E-state index is 12.9. The molecule has 0 radical (unpaired) electrons. The van der Waals surface area contributed by atoms with Crippen molar-refractivity contribution in [1.82, 2.24) is 20.4 Å². The van der Waals surface area contributed by atoms with Gasteiger partial charge in [-0.1, -0.05) is 37.3 Å². The Labute approximate surface area is 181 Å². The van der Waals surface area contributed by atoms with Crippen LogP contribution in [0.1, 0.15) is 30.8 Å². The molecule has 2 aromatic carbocycles. The van der Waals surface area contributed by atoms with E-state index in [9.17, 15) is 10.1 Å². The molecule has 2 heterocycles. The summed E-state index contributed by atoms with van der Waals surface area (Å²) in [5, 5.41) is 19.6. The highest BCUT2D eigenvalue weighted by atomic mass is 16.5. The Morgan fingerprint density at radius 1 is 1.26 bits per heavy atom. The van der Waals surface area contributed by atoms with Crippen molar-refractivity contribution in [3.63, 3.8) is 0 Å². The van der Waals surface area contributed by atoms with Crippen LogP contribution in [0.15, 0.2) is 60.7 Å². The number of hydrogen-bond acceptors (Lipinski definition) is 5. The summed E-state index contributed by atoms with van der Waals surface area (Å²) in [5.74, 6) is 1.38. The van der Waals surface area contributed by atoms with Crippen molar-refractivity contribution in [3.05, 3.63) is 66.4 Å². The zero-order chi connectivity index (χ0) is 21.8. The van der Waals surface area contributed by atoms with Crippen LogP contribution < -0.4 is 10.1 Å². The third-order valence-electron chi connectivity index (χ3n) is 5.86. The van der Waals surface area contributed by atoms with Crippen molar-refractivity contribution in [1.29, 1.82) is 5.26 Å². The number of H-pyrrole nitrogens is 1. The van der Waals surface area contributed by atoms with Crippen LogP contribution in [0.5, 0.6) is 11.5 Å². The van der Waals surface area contributed by atoms with E-state index in [2.05, 4.69) is 28.6 Å². The first kappa shape index (κ1) is 20.5. The highest BCUT2D eigenvalue weighted by molar-refractivity contribution is 5.93. The first-order valence-corrected chi connectivity index (χ1v) is 10.5. The molecule has 4 rings (SSSR count). The molecule has 1 aliphatic heterocycles. The van der Waals surface area contributed by atoms with Gasteiger partial charge in [-0.15, -0.1) is 0 Å². The van der Waals surface area contributed by atoms with Gasteiger partial charge in [-0.25, -0.2) is 0 Å². The lowest BCUT2D eigenvalue weighted by molar-refractivity contribution is 0.0916. The number of nitriles is 1. The van der Waals surface area contributed by atoms with E-state index in [1.807, 2.05) is 61.5 Å². The van der Waals surface area contributed by atoms with Crippen molar-refractivity contribution < 1.29 is 9.53 Å². The number of amides is 1. The number of ether oxygens (including phenoxy) is 1. The predicted octanol–water partition coefficient (Wildman–Crippen LogP) is 4.18. The summed E-state index contributed by atoms with van der Waals surface area (Å²) in [6.45, 7) is 4.71. The Bertz CT molecular complexity index is 1090. The van der Waals surface area contributed by atoms with E-state index in [0.717, 1.165) is 17.7 Å². The molecule has 0 bridgehead atoms. The Kier molecular flexibility index (Phi) is 5.89. The fraction of sp³-hybridized carbons (Fsp3) is 0.292. The van der Waals surface area contributed by atoms with Crippen molar-refractivity contribution in [2.45, 2.75) is 32.4 Å². The number of likely N-dealkylation sites (tertiary alicyclic amines) is 1. The lowest BCUT2D eigenvalue weighted by Gasteiger charge is -2.22. The minimum absolute atomic E-state index is 0.0442. The molecule has 7 heteroatoms. The normalized spacial score (nSPS) is 20.3. The zero-order valence-corrected chi connectivity index (χ0v) is 17.6. The summed E-state index contributed by atoms with van der Waals surface area (Å²) in [4.78, 5) is 14.6. The van der Waals surface area contributed by atoms with E-state index in [-0.39, 0.29) is 23.9 Å². The van der Waals surface area contributed by atoms with Crippen LogP contribution in [0.4, 0.5) is 0 Å². The standard InChI is InChI=1S/C24H25N5O2/c1-3-17-14-29(15-25)16(2)23(17)26-24(30)21-13-20(27-28-21)19-11-7-8-12-22(19)31-18-9-5-4-6-10-18/h4-13,16-17,23H,3,14H2,1-2H3,(H,26,30)(H,27,28). The Hall–Kier alpha value is -3.79. The smallest absolute Gasteiger partial charge is 0.272 e. The van der Waals surface area contributed by atoms with Gasteiger partial charge in [0.2, 0.25) is 0 Å². The van der Waals surface area contributed by atoms with Crippen LogP contribution in [0, 0.1) is 17.4 Å². The van der Waals surface area contributed by atoms with Crippen LogP contribution in [-0.2, 0) is 0 Å². The van der Waals surface area contributed by atoms with Gasteiger partial charge in [0.25, 0.3) is 5.91 Å². The molecule has 1 saturated heterocycles. The Morgan fingerprint density at radius 2 is 2.00 bits per heavy atom. The van der Waals surface area contributed by atoms with Crippen molar-refractivity contribution in [3.8, 4) is 28.9 Å². The van der Waals surface area contributed by atoms with Gasteiger partial charge in [-0.2, -0.15) is 10.4 Å². The molecule has 158 valence electrons. The first-order valence-electron chi connectivity index (χ1n) is 10.5. The van der Waals surface area contributed by atoms with Gasteiger partial charge < -0.3 is 15.0 Å². The molecule has 31 heavy (non-hydrogen) atoms. The third-order valence-corrected chi connectivity index (χ3v) is 5.86. The van der Waals surface area contributed by atoms with E-state index >= 15 is 0 Å². The topological polar surface area (TPSA) is 94.0 Å². The molecule has 0 aliphatic carbocycles. The van der Waals surface area contributed by atoms with Gasteiger partial charge in [0.05, 0.1) is 17.8 Å². The second kappa shape index (κ2) is 8.92. The number of benzene rings is 2. The lowest BCUT2D eigenvalue weighted by Crippen LogP contribution is -2.45. The van der Waals surface area contributed by atoms with Gasteiger partial charge in [-0.05, 0) is 49.6 Å². The quantitative estimate of drug-likeness (QED) is 0.589. The minimum Gasteiger partial charge on any atom is -0.457 e. The van der Waals surface area contributed by atoms with E-state index in [1.54, 1.807) is 11.0 Å². The fourth-order valence-electron chi connectivity index (χ4n) is 4.07. The fourth-order valence-corrected chi connectivity index (χ4v) is 4.07. The number of nitrogens with one attached hydrogen (secondary N) is 2. The molecular formula is C24H25N5O2. The van der Waals surface area contributed by atoms with Crippen molar-refractivity contribution >= 4 is 5.91 Å². The summed E-state index contributed by atoms with van der Waals surface area (Å²) in [6.07, 6.45) is 3.11. The second-order valence-corrected chi connectivity index (χ2v) is 7.74. The highest BCUT2D eigenvalue weighted by Gasteiger charge is 2.39. The number of nitrogens with zero attached hydrogens (tertiary/aromatic N) is 3. The van der Waals surface area contributed by atoms with Crippen LogP contribution in [0.2, 0.25) is 0 Å². The second-order valence-electron chi connectivity index (χ2n) is 7.74. The van der Waals surface area contributed by atoms with Crippen molar-refractivity contribution in [2.24, 2.45) is 5.92 Å². The van der Waals surface area contributed by atoms with Gasteiger partial charge in [0, 0.05) is 12.1 Å². The molecule has 1 aromatic heterocycles. The van der Waals surface area contributed by atoms with Crippen LogP contribution in [0.3, 0.4) is 0 Å². The lowest BCUT2D eigenvalue weighted by atomic mass is 9.97. The monoisotopic (exact) mass is 415 g/mol. The molecule has 1 fully saturated rings. The molecule has 2 N–H and O–H groups in total. The summed E-state index contributed by atoms with van der Waals surface area (Å²) in [6, 6.07) is 18.7. The van der Waals surface area contributed by atoms with Gasteiger partial charge in [0.15, 0.2) is 11.9 Å². The number of rotatable bonds is 6. The SMILES string of the molecule is CCC1CN(C#N)C(C)C1NC(=O)c1cc(-c2ccccc2Oc2ccccc2)[nH]n1. The summed E-state index contributed by atoms with van der Waals surface area (Å²) >= 11 is 0. The van der Waals surface area contributed by atoms with Crippen LogP contribution in [-0.4, -0.2) is 39.6 Å². The number of aromatic nitrogens is 2. The van der Waals surface area contributed by atoms with E-state index in [0.29, 0.717) is 23.7 Å². The number of para-hydroxylation sites is 2. The largest absolute Gasteiger partial charge is 0.457 e. The average Bonchev–Trinajstić information content (AvgIpc) is 3.40. The van der Waals surface area contributed by atoms with Crippen LogP contribution >= 0.6 is 0 Å². The number of carbonyl (C=O) groups is 1. The summed E-state index contributed by atoms with van der Waals surface area (Å²) < 4.78 is 6.02. The predicted molar refractivity (Wildman–Crippen MR) is 117 cm³/mol. The van der Waals surface area contributed by atoms with Gasteiger partial charge in [-0.3, -0.25) is 9.89 Å². The summed E-state index contributed by atoms with van der Waals surface area (Å²) in [5.41, 5.74) is 1.82. The molecule has 1 amide bonds. The van der Waals surface area contributed by atoms with E-state index < -0.39 is 0 Å². The molecule has 3 atom stereocenters. The first-order chi connectivity index (χ1) is 15.1. The molecule has 3 unspecified atom stereocenters. The Morgan fingerprint density at radius 3 is 2.74 bits per heavy atom. The molecular weight excluding hydrogens is 390 g/mol. The Balaban J connectivity index is 1.53. The molecule has 3 aromatic rings. The van der Waals surface area contributed by atoms with Gasteiger partial charge >= 0.3 is 0 Å². The maximum absolute atomic E-state index is 12.9. The van der Waals surface area contributed by atoms with E-state index in [4.69, 9.17) is 4.74 Å². The molecule has 7 nitrogen and oxygen atoms in total. The number of aromatic amines is 1. The number of hydrogen-bond donors (Lipinski definition) is 2. The maximum Gasteiger partial charge on any atom is 0.272 e. The average molecular weight is 415 g/mol. The van der Waals surface area contributed by atoms with Crippen molar-refractivity contribution in [2.75, 3.05) is 6.54 Å². The summed E-state index contributed by atoms with van der Waals surface area (Å²) in [7, 11) is 0. The molecule has 0 saturated carbocycles. The van der Waals surface area contributed by atoms with E-state index in [1.165, 1.54) is 0 Å².